The third-order valence-corrected chi connectivity index (χ3v) is 5.48. The van der Waals surface area contributed by atoms with E-state index in [9.17, 15) is 5.26 Å². The smallest absolute Gasteiger partial charge is 0.0991 e. The van der Waals surface area contributed by atoms with E-state index in [1.54, 1.807) is 0 Å². The zero-order chi connectivity index (χ0) is 14.4. The minimum atomic E-state index is 0.0840. The number of nitriles is 1. The molecule has 0 aromatic heterocycles. The Hall–Kier alpha value is -1.78. The number of fused-ring (bicyclic) bond motifs is 5. The first-order valence-electron chi connectivity index (χ1n) is 7.60. The molecule has 0 bridgehead atoms. The highest BCUT2D eigenvalue weighted by Crippen LogP contribution is 2.57. The van der Waals surface area contributed by atoms with Gasteiger partial charge < -0.3 is 0 Å². The van der Waals surface area contributed by atoms with Crippen molar-refractivity contribution in [3.8, 4) is 17.2 Å². The molecule has 0 unspecified atom stereocenters. The van der Waals surface area contributed by atoms with Crippen molar-refractivity contribution in [2.45, 2.75) is 37.5 Å². The fourth-order valence-corrected chi connectivity index (χ4v) is 4.54. The van der Waals surface area contributed by atoms with Crippen LogP contribution in [0, 0.1) is 11.3 Å². The van der Waals surface area contributed by atoms with E-state index in [4.69, 9.17) is 11.6 Å². The first-order chi connectivity index (χ1) is 10.3. The number of hydrogen-bond donors (Lipinski definition) is 0. The van der Waals surface area contributed by atoms with Gasteiger partial charge in [-0.2, -0.15) is 5.26 Å². The molecule has 2 aliphatic rings. The lowest BCUT2D eigenvalue weighted by Gasteiger charge is -2.36. The van der Waals surface area contributed by atoms with Crippen LogP contribution in [0.15, 0.2) is 36.4 Å². The van der Waals surface area contributed by atoms with Crippen LogP contribution in [0.2, 0.25) is 5.02 Å². The van der Waals surface area contributed by atoms with E-state index >= 15 is 0 Å². The number of halogens is 1. The SMILES string of the molecule is N#Cc1ccc2c(c1)C1(CCCCC1)c1cccc(Cl)c1-2. The van der Waals surface area contributed by atoms with E-state index in [1.807, 2.05) is 12.1 Å². The van der Waals surface area contributed by atoms with Gasteiger partial charge in [0.05, 0.1) is 11.6 Å². The molecule has 1 saturated carbocycles. The van der Waals surface area contributed by atoms with Crippen LogP contribution in [0.3, 0.4) is 0 Å². The van der Waals surface area contributed by atoms with Crippen LogP contribution in [0.25, 0.3) is 11.1 Å². The molecule has 0 heterocycles. The van der Waals surface area contributed by atoms with Gasteiger partial charge in [-0.05, 0) is 47.7 Å². The molecule has 0 saturated heterocycles. The van der Waals surface area contributed by atoms with Gasteiger partial charge in [0, 0.05) is 16.0 Å². The first kappa shape index (κ1) is 12.9. The Morgan fingerprint density at radius 3 is 2.57 bits per heavy atom. The van der Waals surface area contributed by atoms with E-state index in [0.717, 1.165) is 10.6 Å². The van der Waals surface area contributed by atoms with Crippen LogP contribution < -0.4 is 0 Å². The van der Waals surface area contributed by atoms with E-state index < -0.39 is 0 Å². The Morgan fingerprint density at radius 2 is 1.81 bits per heavy atom. The minimum Gasteiger partial charge on any atom is -0.192 e. The van der Waals surface area contributed by atoms with Crippen molar-refractivity contribution in [2.24, 2.45) is 0 Å². The van der Waals surface area contributed by atoms with Gasteiger partial charge in [-0.25, -0.2) is 0 Å². The average molecular weight is 294 g/mol. The molecule has 2 aliphatic carbocycles. The summed E-state index contributed by atoms with van der Waals surface area (Å²) in [6.45, 7) is 0. The summed E-state index contributed by atoms with van der Waals surface area (Å²) in [7, 11) is 0. The van der Waals surface area contributed by atoms with Crippen molar-refractivity contribution in [3.63, 3.8) is 0 Å². The highest BCUT2D eigenvalue weighted by molar-refractivity contribution is 6.33. The van der Waals surface area contributed by atoms with Gasteiger partial charge in [0.15, 0.2) is 0 Å². The highest BCUT2D eigenvalue weighted by atomic mass is 35.5. The molecule has 0 N–H and O–H groups in total. The maximum absolute atomic E-state index is 9.25. The first-order valence-corrected chi connectivity index (χ1v) is 7.98. The van der Waals surface area contributed by atoms with E-state index in [0.29, 0.717) is 0 Å². The number of rotatable bonds is 0. The van der Waals surface area contributed by atoms with Gasteiger partial charge in [-0.1, -0.05) is 49.1 Å². The quantitative estimate of drug-likeness (QED) is 0.634. The second-order valence-corrected chi connectivity index (χ2v) is 6.58. The van der Waals surface area contributed by atoms with Crippen LogP contribution in [-0.2, 0) is 5.41 Å². The molecule has 1 spiro atoms. The second-order valence-electron chi connectivity index (χ2n) is 6.18. The van der Waals surface area contributed by atoms with Gasteiger partial charge >= 0.3 is 0 Å². The topological polar surface area (TPSA) is 23.8 Å². The summed E-state index contributed by atoms with van der Waals surface area (Å²) in [6, 6.07) is 14.7. The zero-order valence-electron chi connectivity index (χ0n) is 11.8. The lowest BCUT2D eigenvalue weighted by Crippen LogP contribution is -2.28. The molecule has 2 aromatic rings. The summed E-state index contributed by atoms with van der Waals surface area (Å²) in [4.78, 5) is 0. The molecule has 4 rings (SSSR count). The monoisotopic (exact) mass is 293 g/mol. The molecule has 1 nitrogen and oxygen atoms in total. The maximum atomic E-state index is 9.25. The Bertz CT molecular complexity index is 764. The number of nitrogens with zero attached hydrogens (tertiary/aromatic N) is 1. The minimum absolute atomic E-state index is 0.0840. The average Bonchev–Trinajstić information content (AvgIpc) is 2.79. The predicted octanol–water partition coefficient (Wildman–Crippen LogP) is 5.44. The summed E-state index contributed by atoms with van der Waals surface area (Å²) in [5, 5.41) is 10.1. The molecule has 21 heavy (non-hydrogen) atoms. The Balaban J connectivity index is 2.06. The van der Waals surface area contributed by atoms with E-state index in [1.165, 1.54) is 54.4 Å². The van der Waals surface area contributed by atoms with Crippen LogP contribution in [0.4, 0.5) is 0 Å². The van der Waals surface area contributed by atoms with Crippen molar-refractivity contribution in [1.29, 1.82) is 5.26 Å². The standard InChI is InChI=1S/C19H16ClN/c20-17-6-4-5-15-18(17)14-8-7-13(12-21)11-16(14)19(15)9-2-1-3-10-19/h4-8,11H,1-3,9-10H2. The highest BCUT2D eigenvalue weighted by Gasteiger charge is 2.44. The van der Waals surface area contributed by atoms with Crippen LogP contribution in [0.5, 0.6) is 0 Å². The van der Waals surface area contributed by atoms with E-state index in [2.05, 4.69) is 30.3 Å². The third kappa shape index (κ3) is 1.69. The van der Waals surface area contributed by atoms with Crippen LogP contribution >= 0.6 is 11.6 Å². The van der Waals surface area contributed by atoms with Gasteiger partial charge in [0.25, 0.3) is 0 Å². The largest absolute Gasteiger partial charge is 0.192 e. The van der Waals surface area contributed by atoms with Crippen molar-refractivity contribution >= 4 is 11.6 Å². The fourth-order valence-electron chi connectivity index (χ4n) is 4.26. The second kappa shape index (κ2) is 4.61. The summed E-state index contributed by atoms with van der Waals surface area (Å²) >= 11 is 6.51. The molecule has 1 fully saturated rings. The van der Waals surface area contributed by atoms with Crippen LogP contribution in [-0.4, -0.2) is 0 Å². The summed E-state index contributed by atoms with van der Waals surface area (Å²) in [5.41, 5.74) is 5.96. The molecule has 2 aromatic carbocycles. The van der Waals surface area contributed by atoms with Gasteiger partial charge in [0.1, 0.15) is 0 Å². The summed E-state index contributed by atoms with van der Waals surface area (Å²) in [5.74, 6) is 0. The summed E-state index contributed by atoms with van der Waals surface area (Å²) < 4.78 is 0. The zero-order valence-corrected chi connectivity index (χ0v) is 12.6. The van der Waals surface area contributed by atoms with Crippen molar-refractivity contribution in [1.82, 2.24) is 0 Å². The normalized spacial score (nSPS) is 18.1. The maximum Gasteiger partial charge on any atom is 0.0991 e. The molecular formula is C19H16ClN. The predicted molar refractivity (Wildman–Crippen MR) is 85.5 cm³/mol. The lowest BCUT2D eigenvalue weighted by atomic mass is 9.67. The van der Waals surface area contributed by atoms with E-state index in [-0.39, 0.29) is 5.41 Å². The Morgan fingerprint density at radius 1 is 1.00 bits per heavy atom. The molecule has 0 radical (unpaired) electrons. The fraction of sp³-hybridized carbons (Fsp3) is 0.316. The van der Waals surface area contributed by atoms with Crippen molar-refractivity contribution < 1.29 is 0 Å². The molecule has 2 heteroatoms. The van der Waals surface area contributed by atoms with Gasteiger partial charge in [0.2, 0.25) is 0 Å². The third-order valence-electron chi connectivity index (χ3n) is 5.17. The molecule has 0 atom stereocenters. The molecular weight excluding hydrogens is 278 g/mol. The lowest BCUT2D eigenvalue weighted by molar-refractivity contribution is 0.353. The number of benzene rings is 2. The van der Waals surface area contributed by atoms with Gasteiger partial charge in [-0.3, -0.25) is 0 Å². The van der Waals surface area contributed by atoms with Crippen molar-refractivity contribution in [2.75, 3.05) is 0 Å². The van der Waals surface area contributed by atoms with Crippen molar-refractivity contribution in [3.05, 3.63) is 58.1 Å². The molecule has 0 aliphatic heterocycles. The van der Waals surface area contributed by atoms with Crippen LogP contribution in [0.1, 0.15) is 48.8 Å². The number of hydrogen-bond acceptors (Lipinski definition) is 1. The Kier molecular flexibility index (Phi) is 2.84. The summed E-state index contributed by atoms with van der Waals surface area (Å²) in [6.07, 6.45) is 6.15. The molecule has 0 amide bonds. The molecule has 104 valence electrons. The van der Waals surface area contributed by atoms with Gasteiger partial charge in [-0.15, -0.1) is 0 Å². The Labute approximate surface area is 130 Å².